The summed E-state index contributed by atoms with van der Waals surface area (Å²) in [5, 5.41) is 13.7. The first kappa shape index (κ1) is 13.1. The third-order valence-electron chi connectivity index (χ3n) is 4.00. The summed E-state index contributed by atoms with van der Waals surface area (Å²) in [5.74, 6) is -0.117. The molecule has 1 aliphatic carbocycles. The Balaban J connectivity index is 1.95. The van der Waals surface area contributed by atoms with E-state index in [1.54, 1.807) is 0 Å². The lowest BCUT2D eigenvalue weighted by Crippen LogP contribution is -2.60. The highest BCUT2D eigenvalue weighted by molar-refractivity contribution is 6.07. The van der Waals surface area contributed by atoms with Gasteiger partial charge in [-0.05, 0) is 19.9 Å². The van der Waals surface area contributed by atoms with Crippen LogP contribution in [-0.4, -0.2) is 60.1 Å². The van der Waals surface area contributed by atoms with Crippen molar-refractivity contribution >= 4 is 11.7 Å². The second-order valence-corrected chi connectivity index (χ2v) is 5.15. The number of likely N-dealkylation sites (N-methyl/N-ethyl adjacent to an activating group) is 1. The van der Waals surface area contributed by atoms with Crippen molar-refractivity contribution in [3.05, 3.63) is 0 Å². The van der Waals surface area contributed by atoms with E-state index >= 15 is 0 Å². The molecule has 2 aliphatic rings. The smallest absolute Gasteiger partial charge is 0.248 e. The third kappa shape index (κ3) is 2.28. The fourth-order valence-corrected chi connectivity index (χ4v) is 2.39. The molecule has 0 spiro atoms. The van der Waals surface area contributed by atoms with Crippen molar-refractivity contribution in [2.24, 2.45) is 16.3 Å². The molecule has 18 heavy (non-hydrogen) atoms. The van der Waals surface area contributed by atoms with Crippen molar-refractivity contribution in [3.63, 3.8) is 0 Å². The Bertz CT molecular complexity index is 345. The van der Waals surface area contributed by atoms with E-state index in [1.165, 1.54) is 0 Å². The van der Waals surface area contributed by atoms with Gasteiger partial charge in [-0.3, -0.25) is 10.2 Å². The fourth-order valence-electron chi connectivity index (χ4n) is 2.39. The average molecular weight is 255 g/mol. The zero-order valence-corrected chi connectivity index (χ0v) is 10.7. The second kappa shape index (κ2) is 5.11. The predicted octanol–water partition coefficient (Wildman–Crippen LogP) is -0.818. The number of hydrazine groups is 1. The summed E-state index contributed by atoms with van der Waals surface area (Å²) in [6, 6.07) is 0. The van der Waals surface area contributed by atoms with E-state index in [4.69, 9.17) is 10.9 Å². The number of piperazine rings is 1. The highest BCUT2D eigenvalue weighted by atomic mass is 16.4. The van der Waals surface area contributed by atoms with Gasteiger partial charge in [0.05, 0.1) is 0 Å². The molecule has 102 valence electrons. The molecule has 2 fully saturated rings. The van der Waals surface area contributed by atoms with E-state index in [0.717, 1.165) is 32.6 Å². The van der Waals surface area contributed by atoms with Gasteiger partial charge in [-0.1, -0.05) is 11.6 Å². The molecular formula is C11H21N5O2. The molecule has 1 heterocycles. The number of hydrogen-bond acceptors (Lipinski definition) is 5. The number of nitrogens with one attached hydrogen (secondary N) is 1. The molecule has 1 aliphatic heterocycles. The molecule has 7 nitrogen and oxygen atoms in total. The van der Waals surface area contributed by atoms with Gasteiger partial charge >= 0.3 is 0 Å². The van der Waals surface area contributed by atoms with E-state index in [-0.39, 0.29) is 11.7 Å². The minimum atomic E-state index is -0.794. The van der Waals surface area contributed by atoms with E-state index in [9.17, 15) is 4.79 Å². The number of amides is 1. The van der Waals surface area contributed by atoms with Crippen molar-refractivity contribution in [1.29, 1.82) is 0 Å². The van der Waals surface area contributed by atoms with Gasteiger partial charge in [0.25, 0.3) is 0 Å². The lowest BCUT2D eigenvalue weighted by Gasteiger charge is -2.41. The third-order valence-corrected chi connectivity index (χ3v) is 4.00. The summed E-state index contributed by atoms with van der Waals surface area (Å²) in [4.78, 5) is 14.5. The van der Waals surface area contributed by atoms with Gasteiger partial charge in [-0.2, -0.15) is 0 Å². The number of rotatable bonds is 3. The molecule has 4 N–H and O–H groups in total. The van der Waals surface area contributed by atoms with Gasteiger partial charge in [0.2, 0.25) is 5.91 Å². The maximum Gasteiger partial charge on any atom is 0.248 e. The first-order chi connectivity index (χ1) is 8.58. The molecule has 0 aromatic heterocycles. The fraction of sp³-hybridized carbons (Fsp3) is 0.818. The van der Waals surface area contributed by atoms with Crippen LogP contribution in [0.15, 0.2) is 5.16 Å². The SMILES string of the molecule is CN1CCN(NC(=O)C2(C(N)=NO)CCC2)CC1. The molecule has 0 unspecified atom stereocenters. The van der Waals surface area contributed by atoms with Crippen LogP contribution in [-0.2, 0) is 4.79 Å². The quantitative estimate of drug-likeness (QED) is 0.265. The van der Waals surface area contributed by atoms with Gasteiger partial charge < -0.3 is 15.8 Å². The molecule has 0 atom stereocenters. The Morgan fingerprint density at radius 2 is 1.94 bits per heavy atom. The Morgan fingerprint density at radius 3 is 2.39 bits per heavy atom. The summed E-state index contributed by atoms with van der Waals surface area (Å²) in [7, 11) is 2.06. The number of carbonyl (C=O) groups excluding carboxylic acids is 1. The van der Waals surface area contributed by atoms with Crippen LogP contribution in [0, 0.1) is 5.41 Å². The Hall–Kier alpha value is -1.34. The minimum absolute atomic E-state index is 0.0281. The lowest BCUT2D eigenvalue weighted by atomic mass is 9.67. The summed E-state index contributed by atoms with van der Waals surface area (Å²) in [6.45, 7) is 3.46. The largest absolute Gasteiger partial charge is 0.409 e. The highest BCUT2D eigenvalue weighted by Crippen LogP contribution is 2.41. The standard InChI is InChI=1S/C11H21N5O2/c1-15-5-7-16(8-6-15)13-10(17)11(3-2-4-11)9(12)14-18/h18H,2-8H2,1H3,(H2,12,14)(H,13,17). The van der Waals surface area contributed by atoms with Crippen molar-refractivity contribution in [2.75, 3.05) is 33.2 Å². The summed E-state index contributed by atoms with van der Waals surface area (Å²) in [5.41, 5.74) is 7.75. The molecule has 0 aromatic rings. The lowest BCUT2D eigenvalue weighted by molar-refractivity contribution is -0.137. The summed E-state index contributed by atoms with van der Waals surface area (Å²) < 4.78 is 0. The van der Waals surface area contributed by atoms with Crippen LogP contribution >= 0.6 is 0 Å². The predicted molar refractivity (Wildman–Crippen MR) is 66.9 cm³/mol. The summed E-state index contributed by atoms with van der Waals surface area (Å²) in [6.07, 6.45) is 2.25. The Morgan fingerprint density at radius 1 is 1.33 bits per heavy atom. The maximum atomic E-state index is 12.3. The number of nitrogens with two attached hydrogens (primary N) is 1. The van der Waals surface area contributed by atoms with E-state index < -0.39 is 5.41 Å². The van der Waals surface area contributed by atoms with Crippen molar-refractivity contribution in [1.82, 2.24) is 15.3 Å². The monoisotopic (exact) mass is 255 g/mol. The first-order valence-corrected chi connectivity index (χ1v) is 6.31. The normalized spacial score (nSPS) is 25.5. The van der Waals surface area contributed by atoms with Gasteiger partial charge in [0.1, 0.15) is 5.41 Å². The van der Waals surface area contributed by atoms with Crippen LogP contribution in [0.3, 0.4) is 0 Å². The molecule has 0 bridgehead atoms. The zero-order valence-electron chi connectivity index (χ0n) is 10.7. The van der Waals surface area contributed by atoms with Gasteiger partial charge in [0.15, 0.2) is 5.84 Å². The molecule has 2 rings (SSSR count). The van der Waals surface area contributed by atoms with E-state index in [2.05, 4.69) is 22.5 Å². The van der Waals surface area contributed by atoms with E-state index in [0.29, 0.717) is 12.8 Å². The molecular weight excluding hydrogens is 234 g/mol. The summed E-state index contributed by atoms with van der Waals surface area (Å²) >= 11 is 0. The average Bonchev–Trinajstić information content (AvgIpc) is 2.30. The van der Waals surface area contributed by atoms with Crippen molar-refractivity contribution in [2.45, 2.75) is 19.3 Å². The molecule has 7 heteroatoms. The van der Waals surface area contributed by atoms with Crippen molar-refractivity contribution < 1.29 is 10.0 Å². The molecule has 1 amide bonds. The number of hydrogen-bond donors (Lipinski definition) is 3. The van der Waals surface area contributed by atoms with Crippen LogP contribution in [0.5, 0.6) is 0 Å². The van der Waals surface area contributed by atoms with Crippen LogP contribution in [0.4, 0.5) is 0 Å². The number of carbonyl (C=O) groups is 1. The number of nitrogens with zero attached hydrogens (tertiary/aromatic N) is 3. The van der Waals surface area contributed by atoms with Crippen LogP contribution in [0.25, 0.3) is 0 Å². The number of amidine groups is 1. The van der Waals surface area contributed by atoms with E-state index in [1.807, 2.05) is 5.01 Å². The Labute approximate surface area is 107 Å². The van der Waals surface area contributed by atoms with Gasteiger partial charge in [0, 0.05) is 26.2 Å². The topological polar surface area (TPSA) is 94.2 Å². The number of oxime groups is 1. The second-order valence-electron chi connectivity index (χ2n) is 5.15. The first-order valence-electron chi connectivity index (χ1n) is 6.31. The maximum absolute atomic E-state index is 12.3. The van der Waals surface area contributed by atoms with Crippen molar-refractivity contribution in [3.8, 4) is 0 Å². The van der Waals surface area contributed by atoms with Crippen LogP contribution in [0.2, 0.25) is 0 Å². The molecule has 0 aromatic carbocycles. The molecule has 1 saturated heterocycles. The minimum Gasteiger partial charge on any atom is -0.409 e. The van der Waals surface area contributed by atoms with Crippen LogP contribution in [0.1, 0.15) is 19.3 Å². The highest BCUT2D eigenvalue weighted by Gasteiger charge is 2.48. The van der Waals surface area contributed by atoms with Gasteiger partial charge in [-0.15, -0.1) is 0 Å². The van der Waals surface area contributed by atoms with Gasteiger partial charge in [-0.25, -0.2) is 5.01 Å². The zero-order chi connectivity index (χ0) is 13.2. The molecule has 0 radical (unpaired) electrons. The van der Waals surface area contributed by atoms with Crippen LogP contribution < -0.4 is 11.2 Å². The molecule has 1 saturated carbocycles. The Kier molecular flexibility index (Phi) is 3.72.